The number of hydrogen-bond acceptors (Lipinski definition) is 3. The van der Waals surface area contributed by atoms with Gasteiger partial charge in [0, 0.05) is 25.7 Å². The molecule has 0 atom stereocenters. The highest BCUT2D eigenvalue weighted by Gasteiger charge is 2.66. The van der Waals surface area contributed by atoms with Crippen LogP contribution in [0.1, 0.15) is 13.8 Å². The zero-order valence-electron chi connectivity index (χ0n) is 10.4. The number of nitrogens with zero attached hydrogens (tertiary/aromatic N) is 2. The summed E-state index contributed by atoms with van der Waals surface area (Å²) in [7, 11) is 1.26. The third-order valence-corrected chi connectivity index (χ3v) is 3.83. The summed E-state index contributed by atoms with van der Waals surface area (Å²) in [5, 5.41) is 0. The fraction of sp³-hybridized carbons (Fsp3) is 0.909. The van der Waals surface area contributed by atoms with Crippen molar-refractivity contribution < 1.29 is 18.3 Å². The fourth-order valence-electron chi connectivity index (χ4n) is 2.62. The Morgan fingerprint density at radius 1 is 1.24 bits per heavy atom. The van der Waals surface area contributed by atoms with Crippen molar-refractivity contribution in [2.24, 2.45) is 5.41 Å². The van der Waals surface area contributed by atoms with E-state index in [0.717, 1.165) is 0 Å². The van der Waals surface area contributed by atoms with Gasteiger partial charge in [0.1, 0.15) is 0 Å². The number of methoxy groups -OCH3 is 1. The summed E-state index contributed by atoms with van der Waals surface area (Å²) < 4.78 is 32.5. The van der Waals surface area contributed by atoms with E-state index in [1.54, 1.807) is 4.90 Å². The molecule has 0 aliphatic carbocycles. The lowest BCUT2D eigenvalue weighted by Crippen LogP contribution is -2.65. The summed E-state index contributed by atoms with van der Waals surface area (Å²) in [6, 6.07) is 0.104. The van der Waals surface area contributed by atoms with Gasteiger partial charge >= 0.3 is 6.09 Å². The number of halogens is 2. The predicted molar refractivity (Wildman–Crippen MR) is 58.1 cm³/mol. The minimum Gasteiger partial charge on any atom is -0.453 e. The maximum atomic E-state index is 14.0. The van der Waals surface area contributed by atoms with E-state index in [1.165, 1.54) is 12.0 Å². The summed E-state index contributed by atoms with van der Waals surface area (Å²) in [5.41, 5.74) is -1.06. The molecule has 17 heavy (non-hydrogen) atoms. The van der Waals surface area contributed by atoms with Gasteiger partial charge in [0.25, 0.3) is 5.92 Å². The summed E-state index contributed by atoms with van der Waals surface area (Å²) >= 11 is 0. The Kier molecular flexibility index (Phi) is 2.80. The summed E-state index contributed by atoms with van der Waals surface area (Å²) in [5.74, 6) is -2.72. The Labute approximate surface area is 99.5 Å². The zero-order valence-corrected chi connectivity index (χ0v) is 10.4. The molecule has 2 fully saturated rings. The topological polar surface area (TPSA) is 32.8 Å². The monoisotopic (exact) mass is 248 g/mol. The molecule has 2 aliphatic rings. The van der Waals surface area contributed by atoms with Crippen molar-refractivity contribution >= 4 is 6.09 Å². The van der Waals surface area contributed by atoms with Gasteiger partial charge in [-0.25, -0.2) is 13.6 Å². The van der Waals surface area contributed by atoms with E-state index in [-0.39, 0.29) is 25.7 Å². The van der Waals surface area contributed by atoms with Crippen LogP contribution in [0.3, 0.4) is 0 Å². The molecule has 0 unspecified atom stereocenters. The second-order valence-corrected chi connectivity index (χ2v) is 5.31. The molecule has 2 saturated heterocycles. The van der Waals surface area contributed by atoms with Crippen LogP contribution in [0.5, 0.6) is 0 Å². The Bertz CT molecular complexity index is 327. The number of likely N-dealkylation sites (tertiary alicyclic amines) is 2. The lowest BCUT2D eigenvalue weighted by atomic mass is 9.76. The molecule has 0 N–H and O–H groups in total. The maximum absolute atomic E-state index is 14.0. The second kappa shape index (κ2) is 3.80. The molecular formula is C11H18F2N2O2. The average molecular weight is 248 g/mol. The third kappa shape index (κ3) is 1.78. The van der Waals surface area contributed by atoms with Gasteiger partial charge in [0.05, 0.1) is 19.1 Å². The smallest absolute Gasteiger partial charge is 0.409 e. The molecular weight excluding hydrogens is 230 g/mol. The van der Waals surface area contributed by atoms with Crippen LogP contribution in [0.25, 0.3) is 0 Å². The highest BCUT2D eigenvalue weighted by Crippen LogP contribution is 2.50. The van der Waals surface area contributed by atoms with Crippen molar-refractivity contribution in [2.45, 2.75) is 25.8 Å². The van der Waals surface area contributed by atoms with Crippen LogP contribution in [0, 0.1) is 5.41 Å². The van der Waals surface area contributed by atoms with Crippen molar-refractivity contribution in [1.29, 1.82) is 0 Å². The first kappa shape index (κ1) is 12.5. The second-order valence-electron chi connectivity index (χ2n) is 5.31. The lowest BCUT2D eigenvalue weighted by molar-refractivity contribution is -0.147. The molecule has 4 nitrogen and oxygen atoms in total. The predicted octanol–water partition coefficient (Wildman–Crippen LogP) is 1.41. The van der Waals surface area contributed by atoms with Gasteiger partial charge in [-0.1, -0.05) is 0 Å². The standard InChI is InChI=1S/C11H18F2N2O2/c1-8(2)14-4-10(11(12,13)7-14)5-15(6-10)9(16)17-3/h8H,4-7H2,1-3H3. The number of rotatable bonds is 1. The van der Waals surface area contributed by atoms with E-state index < -0.39 is 17.4 Å². The van der Waals surface area contributed by atoms with Gasteiger partial charge in [0.2, 0.25) is 0 Å². The Balaban J connectivity index is 2.06. The van der Waals surface area contributed by atoms with Crippen LogP contribution < -0.4 is 0 Å². The molecule has 0 bridgehead atoms. The van der Waals surface area contributed by atoms with Gasteiger partial charge in [-0.05, 0) is 13.8 Å². The molecule has 0 saturated carbocycles. The van der Waals surface area contributed by atoms with E-state index in [1.807, 2.05) is 13.8 Å². The van der Waals surface area contributed by atoms with E-state index in [0.29, 0.717) is 6.54 Å². The first-order chi connectivity index (χ1) is 7.81. The molecule has 2 rings (SSSR count). The van der Waals surface area contributed by atoms with Crippen molar-refractivity contribution in [2.75, 3.05) is 33.3 Å². The van der Waals surface area contributed by atoms with Gasteiger partial charge in [-0.3, -0.25) is 4.90 Å². The first-order valence-corrected chi connectivity index (χ1v) is 5.76. The highest BCUT2D eigenvalue weighted by atomic mass is 19.3. The molecule has 98 valence electrons. The molecule has 0 aromatic rings. The molecule has 2 heterocycles. The van der Waals surface area contributed by atoms with Gasteiger partial charge in [-0.15, -0.1) is 0 Å². The molecule has 6 heteroatoms. The Morgan fingerprint density at radius 2 is 1.82 bits per heavy atom. The third-order valence-electron chi connectivity index (χ3n) is 3.83. The number of amides is 1. The summed E-state index contributed by atoms with van der Waals surface area (Å²) in [6.45, 7) is 4.15. The van der Waals surface area contributed by atoms with Crippen LogP contribution >= 0.6 is 0 Å². The number of carbonyl (C=O) groups is 1. The number of alkyl halides is 2. The van der Waals surface area contributed by atoms with Crippen LogP contribution in [-0.4, -0.2) is 61.1 Å². The normalized spacial score (nSPS) is 26.4. The minimum absolute atomic E-state index is 0.0931. The van der Waals surface area contributed by atoms with E-state index >= 15 is 0 Å². The molecule has 2 aliphatic heterocycles. The van der Waals surface area contributed by atoms with Crippen molar-refractivity contribution in [3.05, 3.63) is 0 Å². The number of hydrogen-bond donors (Lipinski definition) is 0. The SMILES string of the molecule is COC(=O)N1CC2(C1)CN(C(C)C)CC2(F)F. The van der Waals surface area contributed by atoms with Crippen LogP contribution in [0.4, 0.5) is 13.6 Å². The highest BCUT2D eigenvalue weighted by molar-refractivity contribution is 5.69. The molecule has 0 aromatic heterocycles. The van der Waals surface area contributed by atoms with E-state index in [4.69, 9.17) is 0 Å². The van der Waals surface area contributed by atoms with Crippen molar-refractivity contribution in [3.63, 3.8) is 0 Å². The molecule has 0 radical (unpaired) electrons. The fourth-order valence-corrected chi connectivity index (χ4v) is 2.62. The largest absolute Gasteiger partial charge is 0.453 e. The van der Waals surface area contributed by atoms with Crippen molar-refractivity contribution in [3.8, 4) is 0 Å². The van der Waals surface area contributed by atoms with E-state index in [2.05, 4.69) is 4.74 Å². The van der Waals surface area contributed by atoms with E-state index in [9.17, 15) is 13.6 Å². The maximum Gasteiger partial charge on any atom is 0.409 e. The van der Waals surface area contributed by atoms with Crippen LogP contribution in [0.15, 0.2) is 0 Å². The number of ether oxygens (including phenoxy) is 1. The van der Waals surface area contributed by atoms with Gasteiger partial charge in [0.15, 0.2) is 0 Å². The van der Waals surface area contributed by atoms with Gasteiger partial charge in [-0.2, -0.15) is 0 Å². The molecule has 1 spiro atoms. The number of carbonyl (C=O) groups excluding carboxylic acids is 1. The summed E-state index contributed by atoms with van der Waals surface area (Å²) in [4.78, 5) is 14.3. The summed E-state index contributed by atoms with van der Waals surface area (Å²) in [6.07, 6.45) is -0.519. The van der Waals surface area contributed by atoms with Gasteiger partial charge < -0.3 is 9.64 Å². The van der Waals surface area contributed by atoms with Crippen LogP contribution in [-0.2, 0) is 4.74 Å². The lowest BCUT2D eigenvalue weighted by Gasteiger charge is -2.49. The molecule has 1 amide bonds. The Hall–Kier alpha value is -0.910. The van der Waals surface area contributed by atoms with Crippen molar-refractivity contribution in [1.82, 2.24) is 9.80 Å². The molecule has 0 aromatic carbocycles. The zero-order chi connectivity index (χ0) is 12.8. The minimum atomic E-state index is -2.72. The Morgan fingerprint density at radius 3 is 2.24 bits per heavy atom. The average Bonchev–Trinajstić information content (AvgIpc) is 2.47. The quantitative estimate of drug-likeness (QED) is 0.703. The first-order valence-electron chi connectivity index (χ1n) is 5.76. The van der Waals surface area contributed by atoms with Crippen LogP contribution in [0.2, 0.25) is 0 Å².